The fourth-order valence-electron chi connectivity index (χ4n) is 5.74. The van der Waals surface area contributed by atoms with Crippen LogP contribution in [0.4, 0.5) is 11.5 Å². The Kier molecular flexibility index (Phi) is 11.4. The molecule has 4 rings (SSSR count). The minimum atomic E-state index is -0.623. The number of thiol groups is 1. The van der Waals surface area contributed by atoms with Crippen LogP contribution >= 0.6 is 12.6 Å². The monoisotopic (exact) mass is 643 g/mol. The second kappa shape index (κ2) is 15.0. The number of carbonyl (C=O) groups excluding carboxylic acids is 2. The van der Waals surface area contributed by atoms with Crippen molar-refractivity contribution in [1.82, 2.24) is 24.8 Å². The van der Waals surface area contributed by atoms with E-state index in [1.807, 2.05) is 23.1 Å². The molecule has 3 heterocycles. The van der Waals surface area contributed by atoms with Gasteiger partial charge in [0.2, 0.25) is 11.8 Å². The molecule has 0 aliphatic carbocycles. The van der Waals surface area contributed by atoms with Crippen LogP contribution in [0.5, 0.6) is 0 Å². The quantitative estimate of drug-likeness (QED) is 0.225. The van der Waals surface area contributed by atoms with E-state index in [-0.39, 0.29) is 28.7 Å². The van der Waals surface area contributed by atoms with Crippen LogP contribution in [0.15, 0.2) is 42.5 Å². The van der Waals surface area contributed by atoms with Crippen molar-refractivity contribution in [3.05, 3.63) is 65.2 Å². The number of hydrogen-bond donors (Lipinski definition) is 4. The highest BCUT2D eigenvalue weighted by Gasteiger charge is 2.35. The summed E-state index contributed by atoms with van der Waals surface area (Å²) in [5.74, 6) is 1.00. The van der Waals surface area contributed by atoms with Gasteiger partial charge in [-0.3, -0.25) is 19.5 Å². The predicted molar refractivity (Wildman–Crippen MR) is 184 cm³/mol. The van der Waals surface area contributed by atoms with E-state index in [0.29, 0.717) is 66.2 Å². The van der Waals surface area contributed by atoms with Gasteiger partial charge in [0.05, 0.1) is 11.4 Å². The van der Waals surface area contributed by atoms with E-state index in [1.165, 1.54) is 6.92 Å². The summed E-state index contributed by atoms with van der Waals surface area (Å²) in [5.41, 5.74) is 15.9. The van der Waals surface area contributed by atoms with Crippen LogP contribution in [0.25, 0.3) is 11.3 Å². The van der Waals surface area contributed by atoms with Crippen LogP contribution in [0.3, 0.4) is 0 Å². The molecule has 1 aliphatic heterocycles. The van der Waals surface area contributed by atoms with Crippen molar-refractivity contribution >= 4 is 35.9 Å². The van der Waals surface area contributed by atoms with E-state index in [1.54, 1.807) is 24.3 Å². The van der Waals surface area contributed by atoms with Gasteiger partial charge in [-0.05, 0) is 42.5 Å². The highest BCUT2D eigenvalue weighted by molar-refractivity contribution is 7.80. The lowest BCUT2D eigenvalue weighted by Gasteiger charge is -2.44. The number of piperazine rings is 1. The lowest BCUT2D eigenvalue weighted by Crippen LogP contribution is -2.60. The summed E-state index contributed by atoms with van der Waals surface area (Å²) in [6.07, 6.45) is 0.841. The summed E-state index contributed by atoms with van der Waals surface area (Å²) in [5, 5.41) is 11.9. The highest BCUT2D eigenvalue weighted by atomic mass is 32.1. The molecule has 5 N–H and O–H groups in total. The zero-order valence-corrected chi connectivity index (χ0v) is 28.2. The van der Waals surface area contributed by atoms with Crippen LogP contribution < -0.4 is 16.8 Å². The van der Waals surface area contributed by atoms with Crippen molar-refractivity contribution in [2.75, 3.05) is 43.8 Å². The first-order chi connectivity index (χ1) is 21.8. The molecular weight excluding hydrogens is 599 g/mol. The maximum atomic E-state index is 13.1. The Morgan fingerprint density at radius 3 is 2.26 bits per heavy atom. The van der Waals surface area contributed by atoms with Gasteiger partial charge in [0.1, 0.15) is 28.5 Å². The summed E-state index contributed by atoms with van der Waals surface area (Å²) < 4.78 is 0. The number of nitrogens with one attached hydrogen (secondary N) is 1. The fourth-order valence-corrected chi connectivity index (χ4v) is 6.00. The van der Waals surface area contributed by atoms with Gasteiger partial charge in [0, 0.05) is 68.6 Å². The molecule has 46 heavy (non-hydrogen) atoms. The number of nitrogens with two attached hydrogens (primary N) is 2. The van der Waals surface area contributed by atoms with Gasteiger partial charge >= 0.3 is 0 Å². The number of hydrogen-bond acceptors (Lipinski definition) is 10. The normalized spacial score (nSPS) is 14.7. The molecule has 11 nitrogen and oxygen atoms in total. The summed E-state index contributed by atoms with van der Waals surface area (Å²) in [7, 11) is 0. The molecule has 2 amide bonds. The van der Waals surface area contributed by atoms with Crippen molar-refractivity contribution in [2.24, 2.45) is 17.6 Å². The maximum Gasteiger partial charge on any atom is 0.223 e. The molecule has 0 bridgehead atoms. The molecule has 1 unspecified atom stereocenters. The topological polar surface area (TPSA) is 167 Å². The van der Waals surface area contributed by atoms with Gasteiger partial charge in [-0.25, -0.2) is 9.97 Å². The fraction of sp³-hybridized carbons (Fsp3) is 0.471. The Morgan fingerprint density at radius 2 is 1.67 bits per heavy atom. The summed E-state index contributed by atoms with van der Waals surface area (Å²) in [6, 6.07) is 14.7. The lowest BCUT2D eigenvalue weighted by atomic mass is 9.77. The van der Waals surface area contributed by atoms with E-state index >= 15 is 0 Å². The Balaban J connectivity index is 1.41. The first-order valence-electron chi connectivity index (χ1n) is 15.7. The van der Waals surface area contributed by atoms with Crippen LogP contribution in [0.1, 0.15) is 69.1 Å². The molecule has 0 radical (unpaired) electrons. The Hall–Kier alpha value is -4.05. The third-order valence-corrected chi connectivity index (χ3v) is 9.36. The highest BCUT2D eigenvalue weighted by Crippen LogP contribution is 2.31. The number of pyridine rings is 1. The largest absolute Gasteiger partial charge is 0.382 e. The Bertz CT molecular complexity index is 1570. The zero-order chi connectivity index (χ0) is 33.6. The molecule has 1 fully saturated rings. The number of carbonyl (C=O) groups is 2. The van der Waals surface area contributed by atoms with E-state index in [2.05, 4.69) is 53.9 Å². The number of benzene rings is 1. The average molecular weight is 644 g/mol. The molecular formula is C34H45N9O2S. The van der Waals surface area contributed by atoms with Crippen LogP contribution in [-0.4, -0.2) is 74.8 Å². The third-order valence-electron chi connectivity index (χ3n) is 8.87. The number of nitrogen functional groups attached to an aromatic ring is 1. The molecule has 1 atom stereocenters. The summed E-state index contributed by atoms with van der Waals surface area (Å²) in [6.45, 7) is 14.0. The van der Waals surface area contributed by atoms with Crippen LogP contribution in [0.2, 0.25) is 0 Å². The van der Waals surface area contributed by atoms with Gasteiger partial charge in [-0.1, -0.05) is 45.9 Å². The number of rotatable bonds is 11. The van der Waals surface area contributed by atoms with Crippen molar-refractivity contribution in [1.29, 1.82) is 5.26 Å². The number of nitriles is 1. The van der Waals surface area contributed by atoms with E-state index < -0.39 is 5.25 Å². The number of anilines is 2. The first kappa shape index (κ1) is 34.8. The SMILES string of the molecule is CC(=O)Nc1ccc(-c2nc(C(S)c3cccc(CCC(=O)N4CCN(CC(N)(C(C)C)C(C)C)CC4)n3)nc(N)c2C#N)cc1. The van der Waals surface area contributed by atoms with E-state index in [9.17, 15) is 14.9 Å². The minimum absolute atomic E-state index is 0.0416. The molecule has 12 heteroatoms. The van der Waals surface area contributed by atoms with Crippen molar-refractivity contribution < 1.29 is 9.59 Å². The molecule has 0 spiro atoms. The molecule has 1 aromatic carbocycles. The third kappa shape index (κ3) is 8.20. The smallest absolute Gasteiger partial charge is 0.223 e. The summed E-state index contributed by atoms with van der Waals surface area (Å²) >= 11 is 4.77. The van der Waals surface area contributed by atoms with Crippen LogP contribution in [0, 0.1) is 23.2 Å². The van der Waals surface area contributed by atoms with E-state index in [4.69, 9.17) is 29.1 Å². The first-order valence-corrected chi connectivity index (χ1v) is 16.2. The molecule has 3 aromatic rings. The van der Waals surface area contributed by atoms with Crippen molar-refractivity contribution in [2.45, 2.75) is 58.2 Å². The molecule has 1 aliphatic rings. The van der Waals surface area contributed by atoms with Crippen LogP contribution in [-0.2, 0) is 16.0 Å². The van der Waals surface area contributed by atoms with Crippen molar-refractivity contribution in [3.63, 3.8) is 0 Å². The van der Waals surface area contributed by atoms with Gasteiger partial charge in [-0.15, -0.1) is 0 Å². The number of aromatic nitrogens is 3. The second-order valence-corrected chi connectivity index (χ2v) is 13.1. The molecule has 2 aromatic heterocycles. The number of nitrogens with zero attached hydrogens (tertiary/aromatic N) is 6. The zero-order valence-electron chi connectivity index (χ0n) is 27.3. The predicted octanol–water partition coefficient (Wildman–Crippen LogP) is 4.06. The average Bonchev–Trinajstić information content (AvgIpc) is 3.03. The standard InChI is InChI=1S/C34H45N9O2S/c1-21(2)34(37,22(3)4)20-42-15-17-43(18-16-42)29(45)14-13-25-7-6-8-28(39-25)31(46)33-40-30(27(19-35)32(36)41-33)24-9-11-26(12-10-24)38-23(5)44/h6-12,21-22,31,46H,13-18,20,37H2,1-5H3,(H,38,44)(H2,36,40,41). The minimum Gasteiger partial charge on any atom is -0.382 e. The Morgan fingerprint density at radius 1 is 1.02 bits per heavy atom. The molecule has 1 saturated heterocycles. The molecule has 244 valence electrons. The van der Waals surface area contributed by atoms with Crippen molar-refractivity contribution in [3.8, 4) is 17.3 Å². The lowest BCUT2D eigenvalue weighted by molar-refractivity contribution is -0.133. The van der Waals surface area contributed by atoms with E-state index in [0.717, 1.165) is 25.3 Å². The summed E-state index contributed by atoms with van der Waals surface area (Å²) in [4.78, 5) is 42.6. The van der Waals surface area contributed by atoms with Gasteiger partial charge < -0.3 is 21.7 Å². The number of aryl methyl sites for hydroxylation is 1. The Labute approximate surface area is 277 Å². The number of amides is 2. The second-order valence-electron chi connectivity index (χ2n) is 12.6. The molecule has 0 saturated carbocycles. The maximum absolute atomic E-state index is 13.1. The van der Waals surface area contributed by atoms with Gasteiger partial charge in [0.25, 0.3) is 0 Å². The van der Waals surface area contributed by atoms with Gasteiger partial charge in [0.15, 0.2) is 0 Å². The van der Waals surface area contributed by atoms with Gasteiger partial charge in [-0.2, -0.15) is 17.9 Å².